The number of thioether (sulfide) groups is 1. The zero-order valence-electron chi connectivity index (χ0n) is 18.9. The highest BCUT2D eigenvalue weighted by atomic mass is 32.2. The molecule has 2 aromatic heterocycles. The average Bonchev–Trinajstić information content (AvgIpc) is 3.27. The Hall–Kier alpha value is -2.80. The molecule has 3 rings (SSSR count). The molecule has 1 aromatic carbocycles. The molecule has 0 aliphatic heterocycles. The van der Waals surface area contributed by atoms with Gasteiger partial charge in [-0.25, -0.2) is 0 Å². The second kappa shape index (κ2) is 10.0. The van der Waals surface area contributed by atoms with Gasteiger partial charge < -0.3 is 13.9 Å². The summed E-state index contributed by atoms with van der Waals surface area (Å²) >= 11 is 1.44. The summed E-state index contributed by atoms with van der Waals surface area (Å²) in [4.78, 5) is 13.0. The molecule has 0 fully saturated rings. The number of nitrogens with zero attached hydrogens (tertiary/aromatic N) is 4. The summed E-state index contributed by atoms with van der Waals surface area (Å²) in [6.45, 7) is 13.6. The van der Waals surface area contributed by atoms with Crippen molar-refractivity contribution in [3.63, 3.8) is 0 Å². The van der Waals surface area contributed by atoms with Gasteiger partial charge in [0.2, 0.25) is 0 Å². The quantitative estimate of drug-likeness (QED) is 0.248. The summed E-state index contributed by atoms with van der Waals surface area (Å²) in [5.41, 5.74) is 3.78. The van der Waals surface area contributed by atoms with E-state index in [-0.39, 0.29) is 5.78 Å². The highest BCUT2D eigenvalue weighted by molar-refractivity contribution is 7.99. The minimum absolute atomic E-state index is 0.0958. The van der Waals surface area contributed by atoms with E-state index in [9.17, 15) is 4.79 Å². The molecule has 0 bridgehead atoms. The van der Waals surface area contributed by atoms with Crippen LogP contribution in [0.25, 0.3) is 11.4 Å². The van der Waals surface area contributed by atoms with E-state index in [0.717, 1.165) is 45.8 Å². The molecule has 0 atom stereocenters. The van der Waals surface area contributed by atoms with Crippen molar-refractivity contribution in [2.24, 2.45) is 5.92 Å². The highest BCUT2D eigenvalue weighted by Crippen LogP contribution is 2.27. The Labute approximate surface area is 188 Å². The van der Waals surface area contributed by atoms with Crippen molar-refractivity contribution < 1.29 is 9.53 Å². The minimum atomic E-state index is 0.0958. The van der Waals surface area contributed by atoms with Crippen LogP contribution in [0.3, 0.4) is 0 Å². The highest BCUT2D eigenvalue weighted by Gasteiger charge is 2.19. The van der Waals surface area contributed by atoms with E-state index in [1.54, 1.807) is 7.11 Å². The third-order valence-electron chi connectivity index (χ3n) is 5.13. The predicted molar refractivity (Wildman–Crippen MR) is 126 cm³/mol. The Morgan fingerprint density at radius 1 is 1.19 bits per heavy atom. The van der Waals surface area contributed by atoms with Gasteiger partial charge in [0, 0.05) is 35.6 Å². The zero-order chi connectivity index (χ0) is 22.5. The number of ketones is 1. The van der Waals surface area contributed by atoms with Gasteiger partial charge in [-0.3, -0.25) is 4.79 Å². The first kappa shape index (κ1) is 22.9. The first-order valence-electron chi connectivity index (χ1n) is 10.4. The normalized spacial score (nSPS) is 11.2. The van der Waals surface area contributed by atoms with Crippen LogP contribution in [0.2, 0.25) is 0 Å². The number of carbonyl (C=O) groups excluding carboxylic acids is 1. The first-order chi connectivity index (χ1) is 14.8. The smallest absolute Gasteiger partial charge is 0.191 e. The lowest BCUT2D eigenvalue weighted by atomic mass is 10.2. The first-order valence-corrected chi connectivity index (χ1v) is 11.4. The van der Waals surface area contributed by atoms with Gasteiger partial charge >= 0.3 is 0 Å². The number of methoxy groups -OCH3 is 1. The number of aryl methyl sites for hydroxylation is 1. The van der Waals surface area contributed by atoms with Crippen LogP contribution in [0, 0.1) is 19.8 Å². The number of carbonyl (C=O) groups is 1. The lowest BCUT2D eigenvalue weighted by Gasteiger charge is -2.12. The van der Waals surface area contributed by atoms with Gasteiger partial charge in [0.1, 0.15) is 5.75 Å². The van der Waals surface area contributed by atoms with Crippen LogP contribution in [0.4, 0.5) is 0 Å². The standard InChI is InChI=1S/C24H30N4O2S/c1-7-12-27-17(4)13-21(18(27)5)22(29)15-31-24-26-25-23(28(24)14-16(2)3)19-8-10-20(30-6)11-9-19/h7-11,13,16H,1,12,14-15H2,2-6H3. The Balaban J connectivity index is 1.83. The molecular weight excluding hydrogens is 408 g/mol. The monoisotopic (exact) mass is 438 g/mol. The zero-order valence-corrected chi connectivity index (χ0v) is 19.7. The molecule has 0 unspecified atom stereocenters. The number of benzene rings is 1. The Morgan fingerprint density at radius 3 is 2.52 bits per heavy atom. The Kier molecular flexibility index (Phi) is 7.38. The van der Waals surface area contributed by atoms with Gasteiger partial charge in [0.15, 0.2) is 16.8 Å². The number of hydrogen-bond donors (Lipinski definition) is 0. The van der Waals surface area contributed by atoms with Crippen LogP contribution in [0.15, 0.2) is 48.1 Å². The molecule has 0 saturated carbocycles. The van der Waals surface area contributed by atoms with Gasteiger partial charge in [-0.15, -0.1) is 16.8 Å². The van der Waals surface area contributed by atoms with E-state index in [0.29, 0.717) is 18.2 Å². The van der Waals surface area contributed by atoms with Gasteiger partial charge in [-0.05, 0) is 50.1 Å². The van der Waals surface area contributed by atoms with Crippen LogP contribution in [-0.2, 0) is 13.1 Å². The van der Waals surface area contributed by atoms with Gasteiger partial charge in [0.25, 0.3) is 0 Å². The molecular formula is C24H30N4O2S. The molecule has 0 aliphatic carbocycles. The molecule has 7 heteroatoms. The van der Waals surface area contributed by atoms with Crippen molar-refractivity contribution in [3.8, 4) is 17.1 Å². The summed E-state index contributed by atoms with van der Waals surface area (Å²) in [6.07, 6.45) is 1.85. The van der Waals surface area contributed by atoms with Gasteiger partial charge in [-0.1, -0.05) is 31.7 Å². The minimum Gasteiger partial charge on any atom is -0.497 e. The van der Waals surface area contributed by atoms with Crippen molar-refractivity contribution in [1.29, 1.82) is 0 Å². The SMILES string of the molecule is C=CCn1c(C)cc(C(=O)CSc2nnc(-c3ccc(OC)cc3)n2CC(C)C)c1C. The Morgan fingerprint density at radius 2 is 1.90 bits per heavy atom. The Bertz CT molecular complexity index is 1060. The molecule has 0 N–H and O–H groups in total. The fourth-order valence-corrected chi connectivity index (χ4v) is 4.41. The molecule has 0 aliphatic rings. The molecule has 0 spiro atoms. The third kappa shape index (κ3) is 5.10. The van der Waals surface area contributed by atoms with Crippen LogP contribution >= 0.6 is 11.8 Å². The molecule has 164 valence electrons. The number of aromatic nitrogens is 4. The molecule has 2 heterocycles. The van der Waals surface area contributed by atoms with E-state index in [1.807, 2.05) is 50.3 Å². The molecule has 6 nitrogen and oxygen atoms in total. The lowest BCUT2D eigenvalue weighted by Crippen LogP contribution is -2.10. The summed E-state index contributed by atoms with van der Waals surface area (Å²) in [5.74, 6) is 2.43. The number of hydrogen-bond acceptors (Lipinski definition) is 5. The van der Waals surface area contributed by atoms with Gasteiger partial charge in [-0.2, -0.15) is 0 Å². The molecule has 0 saturated heterocycles. The molecule has 0 amide bonds. The van der Waals surface area contributed by atoms with Crippen LogP contribution in [0.1, 0.15) is 35.6 Å². The predicted octanol–water partition coefficient (Wildman–Crippen LogP) is 5.19. The fraction of sp³-hybridized carbons (Fsp3) is 0.375. The maximum Gasteiger partial charge on any atom is 0.191 e. The topological polar surface area (TPSA) is 61.9 Å². The largest absolute Gasteiger partial charge is 0.497 e. The summed E-state index contributed by atoms with van der Waals surface area (Å²) in [7, 11) is 1.65. The van der Waals surface area contributed by atoms with Crippen LogP contribution < -0.4 is 4.74 Å². The van der Waals surface area contributed by atoms with E-state index >= 15 is 0 Å². The van der Waals surface area contributed by atoms with E-state index < -0.39 is 0 Å². The second-order valence-corrected chi connectivity index (χ2v) is 8.88. The average molecular weight is 439 g/mol. The van der Waals surface area contributed by atoms with E-state index in [1.165, 1.54) is 11.8 Å². The van der Waals surface area contributed by atoms with Crippen molar-refractivity contribution in [2.45, 2.75) is 45.9 Å². The van der Waals surface area contributed by atoms with Crippen molar-refractivity contribution in [1.82, 2.24) is 19.3 Å². The van der Waals surface area contributed by atoms with E-state index in [4.69, 9.17) is 4.74 Å². The van der Waals surface area contributed by atoms with Gasteiger partial charge in [0.05, 0.1) is 12.9 Å². The summed E-state index contributed by atoms with van der Waals surface area (Å²) < 4.78 is 9.46. The molecule has 31 heavy (non-hydrogen) atoms. The van der Waals surface area contributed by atoms with E-state index in [2.05, 4.69) is 39.8 Å². The van der Waals surface area contributed by atoms with Crippen molar-refractivity contribution in [3.05, 3.63) is 59.9 Å². The maximum atomic E-state index is 13.0. The third-order valence-corrected chi connectivity index (χ3v) is 6.10. The summed E-state index contributed by atoms with van der Waals surface area (Å²) in [6, 6.07) is 9.75. The fourth-order valence-electron chi connectivity index (χ4n) is 3.58. The second-order valence-electron chi connectivity index (χ2n) is 7.94. The maximum absolute atomic E-state index is 13.0. The number of allylic oxidation sites excluding steroid dienone is 1. The van der Waals surface area contributed by atoms with Crippen molar-refractivity contribution >= 4 is 17.5 Å². The molecule has 3 aromatic rings. The number of Topliss-reactive ketones (excluding diaryl/α,β-unsaturated/α-hetero) is 1. The summed E-state index contributed by atoms with van der Waals surface area (Å²) in [5, 5.41) is 9.59. The van der Waals surface area contributed by atoms with Crippen LogP contribution in [-0.4, -0.2) is 38.0 Å². The number of rotatable bonds is 10. The molecule has 0 radical (unpaired) electrons. The van der Waals surface area contributed by atoms with Crippen LogP contribution in [0.5, 0.6) is 5.75 Å². The number of ether oxygens (including phenoxy) is 1. The van der Waals surface area contributed by atoms with Crippen molar-refractivity contribution in [2.75, 3.05) is 12.9 Å². The lowest BCUT2D eigenvalue weighted by molar-refractivity contribution is 0.102.